The first-order chi connectivity index (χ1) is 30.8. The van der Waals surface area contributed by atoms with Gasteiger partial charge in [0.15, 0.2) is 0 Å². The Kier molecular flexibility index (Phi) is 22.0. The molecule has 0 N–H and O–H groups in total. The molecule has 3 heterocycles. The Balaban J connectivity index is 0.000000268. The molecule has 7 rings (SSSR count). The molecular formula is C50H70B4BrI3O10V. The van der Waals surface area contributed by atoms with E-state index in [1.54, 1.807) is 0 Å². The monoisotopic (exact) mass is 1390 g/mol. The normalized spacial score (nSPS) is 19.4. The summed E-state index contributed by atoms with van der Waals surface area (Å²) in [6.45, 7) is 35.7. The van der Waals surface area contributed by atoms with Crippen LogP contribution in [0.25, 0.3) is 21.5 Å². The van der Waals surface area contributed by atoms with Gasteiger partial charge in [-0.2, -0.15) is 0 Å². The number of rotatable bonds is 6. The number of ether oxygens (including phenoxy) is 2. The van der Waals surface area contributed by atoms with Gasteiger partial charge in [-0.3, -0.25) is 9.59 Å². The summed E-state index contributed by atoms with van der Waals surface area (Å²) in [6, 6.07) is 24.3. The van der Waals surface area contributed by atoms with Crippen LogP contribution in [0.4, 0.5) is 0 Å². The third kappa shape index (κ3) is 18.2. The van der Waals surface area contributed by atoms with Gasteiger partial charge in [0, 0.05) is 12.9 Å². The second-order valence-corrected chi connectivity index (χ2v) is 58.6. The van der Waals surface area contributed by atoms with Crippen LogP contribution in [0.15, 0.2) is 77.3 Å². The molecule has 0 aromatic heterocycles. The number of fused-ring (bicyclic) bond motifs is 2. The Morgan fingerprint density at radius 2 is 0.797 bits per heavy atom. The topological polar surface area (TPSA) is 108 Å². The number of halogens is 4. The van der Waals surface area contributed by atoms with Crippen LogP contribution in [0, 0.1) is 0 Å². The van der Waals surface area contributed by atoms with E-state index in [1.807, 2.05) is 158 Å². The van der Waals surface area contributed by atoms with Crippen LogP contribution >= 0.6 is 75.9 Å². The number of carbonyl (C=O) groups is 2. The second kappa shape index (κ2) is 24.1. The average molecular weight is 1390 g/mol. The van der Waals surface area contributed by atoms with Gasteiger partial charge in [-0.1, -0.05) is 76.6 Å². The van der Waals surface area contributed by atoms with Crippen LogP contribution in [0.5, 0.6) is 0 Å². The maximum absolute atomic E-state index is 12.1. The molecule has 19 heteroatoms. The molecule has 0 amide bonds. The van der Waals surface area contributed by atoms with E-state index in [1.165, 1.54) is 0 Å². The van der Waals surface area contributed by atoms with E-state index in [-0.39, 0.29) is 72.4 Å². The molecule has 3 saturated heterocycles. The summed E-state index contributed by atoms with van der Waals surface area (Å²) in [4.78, 5) is 23.6. The molecule has 3 fully saturated rings. The molecule has 0 aliphatic carbocycles. The molecule has 0 saturated carbocycles. The predicted octanol–water partition coefficient (Wildman–Crippen LogP) is 13.0. The van der Waals surface area contributed by atoms with Crippen molar-refractivity contribution in [3.8, 4) is 0 Å². The summed E-state index contributed by atoms with van der Waals surface area (Å²) < 4.78 is 47.9. The molecular weight excluding hydrogens is 1320 g/mol. The van der Waals surface area contributed by atoms with E-state index < -0.39 is 25.2 Å². The van der Waals surface area contributed by atoms with Crippen LogP contribution in [0.2, 0.25) is 0 Å². The molecule has 0 bridgehead atoms. The van der Waals surface area contributed by atoms with E-state index in [0.29, 0.717) is 6.42 Å². The zero-order valence-electron chi connectivity index (χ0n) is 43.7. The molecule has 0 spiro atoms. The summed E-state index contributed by atoms with van der Waals surface area (Å²) in [7, 11) is -1.33. The van der Waals surface area contributed by atoms with Gasteiger partial charge in [-0.05, 0) is 175 Å². The second-order valence-electron chi connectivity index (χ2n) is 22.3. The zero-order valence-corrected chi connectivity index (χ0v) is 53.1. The molecule has 0 unspecified atom stereocenters. The van der Waals surface area contributed by atoms with Crippen LogP contribution in [-0.4, -0.2) is 86.3 Å². The van der Waals surface area contributed by atoms with Crippen molar-refractivity contribution in [1.82, 2.24) is 0 Å². The molecule has 69 heavy (non-hydrogen) atoms. The molecule has 4 aromatic rings. The van der Waals surface area contributed by atoms with Crippen LogP contribution < -0.4 is 5.46 Å². The van der Waals surface area contributed by atoms with Crippen molar-refractivity contribution in [3.63, 3.8) is 0 Å². The Morgan fingerprint density at radius 3 is 1.14 bits per heavy atom. The van der Waals surface area contributed by atoms with Gasteiger partial charge in [0.25, 0.3) is 0 Å². The molecule has 4 aromatic carbocycles. The number of benzene rings is 4. The van der Waals surface area contributed by atoms with Crippen molar-refractivity contribution in [3.05, 3.63) is 88.4 Å². The van der Waals surface area contributed by atoms with Crippen molar-refractivity contribution in [2.24, 2.45) is 0 Å². The predicted molar refractivity (Wildman–Crippen MR) is 310 cm³/mol. The van der Waals surface area contributed by atoms with Crippen molar-refractivity contribution in [2.75, 3.05) is 0 Å². The van der Waals surface area contributed by atoms with Crippen molar-refractivity contribution in [2.45, 2.75) is 182 Å². The number of hydrogen-bond donors (Lipinski definition) is 0. The van der Waals surface area contributed by atoms with Crippen LogP contribution in [0.1, 0.15) is 136 Å². The van der Waals surface area contributed by atoms with Gasteiger partial charge in [-0.15, -0.1) is 0 Å². The van der Waals surface area contributed by atoms with Gasteiger partial charge in [-0.25, -0.2) is 0 Å². The maximum atomic E-state index is 12.1. The van der Waals surface area contributed by atoms with E-state index in [4.69, 9.17) is 37.4 Å². The molecule has 10 nitrogen and oxygen atoms in total. The average Bonchev–Trinajstić information content (AvgIpc) is 3.62. The zero-order chi connectivity index (χ0) is 51.6. The summed E-state index contributed by atoms with van der Waals surface area (Å²) in [6.07, 6.45) is 0.579. The quantitative estimate of drug-likeness (QED) is 0.105. The van der Waals surface area contributed by atoms with Crippen LogP contribution in [0.3, 0.4) is 0 Å². The summed E-state index contributed by atoms with van der Waals surface area (Å²) in [5, 5.41) is 4.46. The van der Waals surface area contributed by atoms with E-state index in [9.17, 15) is 9.59 Å². The van der Waals surface area contributed by atoms with Crippen molar-refractivity contribution < 1.29 is 51.9 Å². The van der Waals surface area contributed by atoms with Gasteiger partial charge in [0.2, 0.25) is 0 Å². The van der Waals surface area contributed by atoms with E-state index in [2.05, 4.69) is 116 Å². The first-order valence-corrected chi connectivity index (χ1v) is 37.1. The molecule has 375 valence electrons. The van der Waals surface area contributed by atoms with Gasteiger partial charge in [0.1, 0.15) is 11.2 Å². The van der Waals surface area contributed by atoms with Crippen molar-refractivity contribution in [1.29, 1.82) is 0 Å². The SMILES string of the molecule is CC(C)(C)OC(=O)Cc1ccc2cc(B3OC(C)(C)C(C)(C)O3)ccc2c1.CC(C)(C)OC(=O)Cc1ccc2cc(Br)ccc2c1.CC1(C)OB(B2OC(C)(C)C(C)(C)O2)OC1(C)C.[B].[I][V]([I])[I]. The fourth-order valence-electron chi connectivity index (χ4n) is 7.01. The fourth-order valence-corrected chi connectivity index (χ4v) is 7.39. The summed E-state index contributed by atoms with van der Waals surface area (Å²) >= 11 is 10.8. The van der Waals surface area contributed by atoms with Gasteiger partial charge >= 0.3 is 97.9 Å². The first kappa shape index (κ1) is 62.9. The number of esters is 2. The van der Waals surface area contributed by atoms with Gasteiger partial charge < -0.3 is 37.4 Å². The fraction of sp³-hybridized carbons (Fsp3) is 0.560. The molecule has 3 aliphatic rings. The van der Waals surface area contributed by atoms with Crippen LogP contribution in [-0.2, 0) is 64.8 Å². The Hall–Kier alpha value is -0.386. The first-order valence-electron chi connectivity index (χ1n) is 22.8. The number of hydrogen-bond acceptors (Lipinski definition) is 10. The third-order valence-electron chi connectivity index (χ3n) is 12.6. The Bertz CT molecular complexity index is 2320. The van der Waals surface area contributed by atoms with Gasteiger partial charge in [0.05, 0.1) is 46.4 Å². The van der Waals surface area contributed by atoms with Crippen molar-refractivity contribution >= 4 is 144 Å². The Labute approximate surface area is 462 Å². The third-order valence-corrected chi connectivity index (χ3v) is 13.1. The standard InChI is InChI=1S/C22H29BO4.C16H17BrO2.C12H24B2O4.B.3HI.V/c1-20(2,3)25-19(24)13-15-8-9-17-14-18(11-10-16(17)12-15)23-26-21(4,5)22(6,7)27-23;1-16(2,3)19-15(18)9-11-4-5-13-10-14(17)7-6-12(13)8-11;1-9(2)10(3,4)16-13(15-9)14-17-11(5,6)12(7,8)18-14;;;;;/h8-12,14H,13H2,1-7H3;4-8,10H,9H2,1-3H3;1-8H3;;3*1H;/q;;;;;;;+3/p-3. The molecule has 3 aliphatic heterocycles. The number of carbonyl (C=O) groups excluding carboxylic acids is 2. The summed E-state index contributed by atoms with van der Waals surface area (Å²) in [5.74, 6) is -0.403. The van der Waals surface area contributed by atoms with E-state index in [0.717, 1.165) is 42.6 Å². The minimum atomic E-state index is -0.476. The summed E-state index contributed by atoms with van der Waals surface area (Å²) in [5.41, 5.74) is -0.131. The van der Waals surface area contributed by atoms with E-state index >= 15 is 0 Å². The molecule has 0 atom stereocenters. The Morgan fingerprint density at radius 1 is 0.507 bits per heavy atom. The molecule has 3 radical (unpaired) electrons. The minimum absolute atomic E-state index is 0.